The number of sulfonamides is 1. The van der Waals surface area contributed by atoms with E-state index in [1.807, 2.05) is 25.6 Å². The third kappa shape index (κ3) is 4.82. The molecular formula is C22H28N8O3S2. The van der Waals surface area contributed by atoms with Crippen LogP contribution < -0.4 is 15.4 Å². The molecule has 3 aliphatic rings. The van der Waals surface area contributed by atoms with Gasteiger partial charge in [0.1, 0.15) is 4.21 Å². The van der Waals surface area contributed by atoms with Crippen LogP contribution in [0.2, 0.25) is 0 Å². The number of nitrogens with zero attached hydrogens (tertiary/aromatic N) is 5. The molecule has 0 radical (unpaired) electrons. The topological polar surface area (TPSA) is 136 Å². The summed E-state index contributed by atoms with van der Waals surface area (Å²) in [7, 11) is -1.82. The van der Waals surface area contributed by atoms with E-state index in [0.717, 1.165) is 47.7 Å². The molecule has 4 N–H and O–H groups in total. The summed E-state index contributed by atoms with van der Waals surface area (Å²) in [6.07, 6.45) is 9.03. The maximum absolute atomic E-state index is 12.6. The van der Waals surface area contributed by atoms with Crippen LogP contribution in [0.1, 0.15) is 23.6 Å². The number of aliphatic imine (C=N–C) groups is 2. The minimum Gasteiger partial charge on any atom is -0.395 e. The molecule has 0 aromatic carbocycles. The molecule has 0 amide bonds. The van der Waals surface area contributed by atoms with E-state index < -0.39 is 10.0 Å². The van der Waals surface area contributed by atoms with E-state index in [4.69, 9.17) is 15.1 Å². The number of aliphatic hydroxyl groups is 1. The Balaban J connectivity index is 1.47. The SMILES string of the molecule is Cc1cc(NC2=NC(C3=CCCNC3)=CN3C2=NCC3c2cnn(C)c2)sc1S(=O)(=O)NCCO. The van der Waals surface area contributed by atoms with Crippen LogP contribution in [0.4, 0.5) is 5.00 Å². The van der Waals surface area contributed by atoms with E-state index in [1.165, 1.54) is 0 Å². The zero-order valence-corrected chi connectivity index (χ0v) is 21.2. The van der Waals surface area contributed by atoms with Gasteiger partial charge in [0.15, 0.2) is 11.7 Å². The lowest BCUT2D eigenvalue weighted by Crippen LogP contribution is -2.38. The van der Waals surface area contributed by atoms with E-state index in [0.29, 0.717) is 28.8 Å². The maximum atomic E-state index is 12.6. The van der Waals surface area contributed by atoms with E-state index in [1.54, 1.807) is 17.7 Å². The number of aromatic nitrogens is 2. The summed E-state index contributed by atoms with van der Waals surface area (Å²) in [5.74, 6) is 1.29. The fourth-order valence-electron chi connectivity index (χ4n) is 4.28. The van der Waals surface area contributed by atoms with Gasteiger partial charge in [-0.05, 0) is 37.1 Å². The van der Waals surface area contributed by atoms with Crippen LogP contribution in [-0.2, 0) is 17.1 Å². The molecule has 0 saturated heterocycles. The zero-order chi connectivity index (χ0) is 24.6. The first-order valence-electron chi connectivity index (χ1n) is 11.4. The fraction of sp³-hybridized carbons (Fsp3) is 0.409. The molecule has 3 aliphatic heterocycles. The molecule has 0 saturated carbocycles. The van der Waals surface area contributed by atoms with Crippen molar-refractivity contribution in [3.63, 3.8) is 0 Å². The predicted molar refractivity (Wildman–Crippen MR) is 136 cm³/mol. The van der Waals surface area contributed by atoms with Crippen molar-refractivity contribution in [2.45, 2.75) is 23.6 Å². The largest absolute Gasteiger partial charge is 0.395 e. The number of hydrogen-bond acceptors (Lipinski definition) is 10. The third-order valence-corrected chi connectivity index (χ3v) is 9.18. The van der Waals surface area contributed by atoms with Gasteiger partial charge in [0, 0.05) is 38.1 Å². The number of nitrogens with one attached hydrogen (secondary N) is 3. The summed E-state index contributed by atoms with van der Waals surface area (Å²) in [6, 6.07) is 1.79. The minimum atomic E-state index is -3.71. The molecule has 5 rings (SSSR count). The summed E-state index contributed by atoms with van der Waals surface area (Å²) in [5, 5.41) is 20.7. The summed E-state index contributed by atoms with van der Waals surface area (Å²) >= 11 is 1.12. The Labute approximate surface area is 208 Å². The van der Waals surface area contributed by atoms with Crippen LogP contribution in [0, 0.1) is 6.92 Å². The van der Waals surface area contributed by atoms with Crippen molar-refractivity contribution in [1.29, 1.82) is 0 Å². The molecule has 2 aromatic rings. The van der Waals surface area contributed by atoms with Gasteiger partial charge in [-0.2, -0.15) is 5.10 Å². The first-order valence-corrected chi connectivity index (χ1v) is 13.7. The summed E-state index contributed by atoms with van der Waals surface area (Å²) in [5.41, 5.74) is 3.65. The molecule has 11 nitrogen and oxygen atoms in total. The summed E-state index contributed by atoms with van der Waals surface area (Å²) in [6.45, 7) is 3.69. The second-order valence-corrected chi connectivity index (χ2v) is 11.5. The van der Waals surface area contributed by atoms with Crippen LogP contribution in [0.15, 0.2) is 56.2 Å². The molecule has 1 atom stereocenters. The van der Waals surface area contributed by atoms with Crippen LogP contribution in [-0.4, -0.2) is 72.7 Å². The highest BCUT2D eigenvalue weighted by atomic mass is 32.2. The number of aryl methyl sites for hydroxylation is 2. The van der Waals surface area contributed by atoms with Crippen molar-refractivity contribution >= 4 is 38.0 Å². The lowest BCUT2D eigenvalue weighted by Gasteiger charge is -2.29. The average Bonchev–Trinajstić information content (AvgIpc) is 3.56. The molecule has 186 valence electrons. The van der Waals surface area contributed by atoms with Crippen LogP contribution in [0.3, 0.4) is 0 Å². The number of thiophene rings is 1. The van der Waals surface area contributed by atoms with Gasteiger partial charge in [0.2, 0.25) is 10.0 Å². The molecule has 0 aliphatic carbocycles. The van der Waals surface area contributed by atoms with Gasteiger partial charge >= 0.3 is 0 Å². The van der Waals surface area contributed by atoms with Crippen LogP contribution in [0.5, 0.6) is 0 Å². The molecule has 35 heavy (non-hydrogen) atoms. The number of rotatable bonds is 7. The quantitative estimate of drug-likeness (QED) is 0.433. The van der Waals surface area contributed by atoms with Gasteiger partial charge in [0.25, 0.3) is 0 Å². The van der Waals surface area contributed by atoms with Gasteiger partial charge in [-0.25, -0.2) is 18.1 Å². The monoisotopic (exact) mass is 516 g/mol. The number of aliphatic hydroxyl groups excluding tert-OH is 1. The van der Waals surface area contributed by atoms with Gasteiger partial charge in [-0.15, -0.1) is 11.3 Å². The molecule has 13 heteroatoms. The average molecular weight is 517 g/mol. The highest BCUT2D eigenvalue weighted by Gasteiger charge is 2.35. The van der Waals surface area contributed by atoms with Gasteiger partial charge in [-0.3, -0.25) is 9.67 Å². The van der Waals surface area contributed by atoms with Crippen LogP contribution in [0.25, 0.3) is 0 Å². The van der Waals surface area contributed by atoms with Crippen molar-refractivity contribution in [3.8, 4) is 0 Å². The van der Waals surface area contributed by atoms with Crippen molar-refractivity contribution in [1.82, 2.24) is 24.7 Å². The number of hydrogen-bond donors (Lipinski definition) is 4. The van der Waals surface area contributed by atoms with E-state index in [2.05, 4.69) is 31.4 Å². The van der Waals surface area contributed by atoms with Crippen LogP contribution >= 0.6 is 11.3 Å². The van der Waals surface area contributed by atoms with E-state index >= 15 is 0 Å². The Bertz CT molecular complexity index is 1350. The van der Waals surface area contributed by atoms with Gasteiger partial charge in [0.05, 0.1) is 36.1 Å². The second kappa shape index (κ2) is 9.66. The fourth-order valence-corrected chi connectivity index (χ4v) is 6.94. The lowest BCUT2D eigenvalue weighted by atomic mass is 10.1. The first kappa shape index (κ1) is 23.9. The summed E-state index contributed by atoms with van der Waals surface area (Å²) in [4.78, 5) is 11.8. The van der Waals surface area contributed by atoms with E-state index in [-0.39, 0.29) is 23.4 Å². The number of anilines is 1. The number of fused-ring (bicyclic) bond motifs is 1. The normalized spacial score (nSPS) is 20.2. The van der Waals surface area contributed by atoms with Gasteiger partial charge in [-0.1, -0.05) is 6.08 Å². The zero-order valence-electron chi connectivity index (χ0n) is 19.5. The Kier molecular flexibility index (Phi) is 6.59. The third-order valence-electron chi connectivity index (χ3n) is 5.93. The highest BCUT2D eigenvalue weighted by molar-refractivity contribution is 7.91. The molecule has 2 aromatic heterocycles. The molecule has 0 fully saturated rings. The second-order valence-electron chi connectivity index (χ2n) is 8.53. The maximum Gasteiger partial charge on any atom is 0.250 e. The molecule has 1 unspecified atom stereocenters. The minimum absolute atomic E-state index is 0.00171. The highest BCUT2D eigenvalue weighted by Crippen LogP contribution is 2.35. The predicted octanol–water partition coefficient (Wildman–Crippen LogP) is 1.10. The smallest absolute Gasteiger partial charge is 0.250 e. The van der Waals surface area contributed by atoms with Crippen molar-refractivity contribution < 1.29 is 13.5 Å². The lowest BCUT2D eigenvalue weighted by molar-refractivity contribution is 0.301. The van der Waals surface area contributed by atoms with Gasteiger partial charge < -0.3 is 20.6 Å². The molecule has 0 bridgehead atoms. The molecular weight excluding hydrogens is 488 g/mol. The standard InChI is InChI=1S/C22H28N8O3S2/c1-14-8-19(34-22(14)35(32,33)26-6-7-31)28-20-21-24-11-18(16-10-25-29(2)12-16)30(21)13-17(27-20)15-4-3-5-23-9-15/h4,8,10,12-13,18,23,26,31H,3,5-7,9,11H2,1-2H3,(H,27,28). The Hall–Kier alpha value is -2.84. The van der Waals surface area contributed by atoms with E-state index in [9.17, 15) is 8.42 Å². The van der Waals surface area contributed by atoms with Crippen molar-refractivity contribution in [2.24, 2.45) is 17.0 Å². The molecule has 5 heterocycles. The molecule has 0 spiro atoms. The van der Waals surface area contributed by atoms with Crippen molar-refractivity contribution in [2.75, 3.05) is 38.1 Å². The Morgan fingerprint density at radius 1 is 1.37 bits per heavy atom. The first-order chi connectivity index (χ1) is 16.9. The number of amidine groups is 2. The Morgan fingerprint density at radius 3 is 2.94 bits per heavy atom. The van der Waals surface area contributed by atoms with Crippen molar-refractivity contribution in [3.05, 3.63) is 53.1 Å². The Morgan fingerprint density at radius 2 is 2.23 bits per heavy atom. The summed E-state index contributed by atoms with van der Waals surface area (Å²) < 4.78 is 29.6.